The summed E-state index contributed by atoms with van der Waals surface area (Å²) in [6.45, 7) is 10.2. The van der Waals surface area contributed by atoms with E-state index in [-0.39, 0.29) is 5.97 Å². The average molecular weight is 537 g/mol. The zero-order valence-corrected chi connectivity index (χ0v) is 24.4. The Morgan fingerprint density at radius 1 is 0.700 bits per heavy atom. The van der Waals surface area contributed by atoms with E-state index in [4.69, 9.17) is 14.7 Å². The summed E-state index contributed by atoms with van der Waals surface area (Å²) in [6, 6.07) is 10.7. The second-order valence-corrected chi connectivity index (χ2v) is 10.7. The number of aromatic amines is 2. The lowest BCUT2D eigenvalue weighted by Crippen LogP contribution is -2.03. The molecule has 0 radical (unpaired) electrons. The van der Waals surface area contributed by atoms with Gasteiger partial charge in [0.1, 0.15) is 5.69 Å². The van der Waals surface area contributed by atoms with E-state index in [9.17, 15) is 4.79 Å². The normalized spacial score (nSPS) is 12.8. The summed E-state index contributed by atoms with van der Waals surface area (Å²) in [5.41, 5.74) is 12.2. The minimum absolute atomic E-state index is 0.361. The molecule has 0 unspecified atom stereocenters. The van der Waals surface area contributed by atoms with Crippen LogP contribution in [0, 0.1) is 0 Å². The van der Waals surface area contributed by atoms with Gasteiger partial charge < -0.3 is 14.7 Å². The van der Waals surface area contributed by atoms with Crippen LogP contribution in [-0.2, 0) is 17.6 Å². The molecule has 0 fully saturated rings. The first-order valence-electron chi connectivity index (χ1n) is 14.8. The number of esters is 1. The fourth-order valence-corrected chi connectivity index (χ4v) is 5.62. The van der Waals surface area contributed by atoms with Gasteiger partial charge in [0.25, 0.3) is 0 Å². The molecule has 6 nitrogen and oxygen atoms in total. The van der Waals surface area contributed by atoms with Crippen molar-refractivity contribution in [2.75, 3.05) is 0 Å². The van der Waals surface area contributed by atoms with Gasteiger partial charge in [0.05, 0.1) is 28.1 Å². The van der Waals surface area contributed by atoms with E-state index in [2.05, 4.69) is 74.1 Å². The minimum Gasteiger partial charge on any atom is -0.424 e. The maximum absolute atomic E-state index is 12.3. The lowest BCUT2D eigenvalue weighted by molar-refractivity contribution is -0.131. The van der Waals surface area contributed by atoms with Crippen molar-refractivity contribution < 1.29 is 9.53 Å². The number of nitrogens with zero attached hydrogens (tertiary/aromatic N) is 2. The highest BCUT2D eigenvalue weighted by molar-refractivity contribution is 5.92. The second kappa shape index (κ2) is 12.1. The van der Waals surface area contributed by atoms with Crippen LogP contribution in [0.25, 0.3) is 45.4 Å². The number of carbonyl (C=O) groups is 1. The van der Waals surface area contributed by atoms with E-state index in [0.29, 0.717) is 5.75 Å². The third-order valence-electron chi connectivity index (χ3n) is 7.40. The summed E-state index contributed by atoms with van der Waals surface area (Å²) < 4.78 is 5.86. The number of rotatable bonds is 9. The van der Waals surface area contributed by atoms with Crippen LogP contribution >= 0.6 is 0 Å². The van der Waals surface area contributed by atoms with Crippen molar-refractivity contribution in [1.82, 2.24) is 19.9 Å². The number of aromatic nitrogens is 4. The topological polar surface area (TPSA) is 83.7 Å². The van der Waals surface area contributed by atoms with Crippen molar-refractivity contribution in [3.8, 4) is 5.75 Å². The molecule has 8 bridgehead atoms. The summed E-state index contributed by atoms with van der Waals surface area (Å²) in [7, 11) is 0. The molecule has 0 saturated carbocycles. The van der Waals surface area contributed by atoms with Gasteiger partial charge in [-0.15, -0.1) is 0 Å². The van der Waals surface area contributed by atoms with Crippen molar-refractivity contribution in [1.29, 1.82) is 0 Å². The molecule has 0 saturated heterocycles. The highest BCUT2D eigenvalue weighted by atomic mass is 16.5. The predicted molar refractivity (Wildman–Crippen MR) is 166 cm³/mol. The van der Waals surface area contributed by atoms with Crippen molar-refractivity contribution in [2.24, 2.45) is 0 Å². The van der Waals surface area contributed by atoms with Crippen LogP contribution in [0.3, 0.4) is 0 Å². The molecule has 3 aromatic heterocycles. The first kappa shape index (κ1) is 27.6. The molecule has 5 heterocycles. The van der Waals surface area contributed by atoms with Gasteiger partial charge in [0.15, 0.2) is 5.75 Å². The Kier molecular flexibility index (Phi) is 8.34. The van der Waals surface area contributed by atoms with Crippen LogP contribution in [0.4, 0.5) is 0 Å². The Hall–Kier alpha value is -3.93. The number of ether oxygens (including phenoxy) is 1. The second-order valence-electron chi connectivity index (χ2n) is 10.7. The molecule has 2 aliphatic rings. The first-order valence-corrected chi connectivity index (χ1v) is 14.8. The number of carbonyl (C=O) groups excluding carboxylic acids is 1. The Bertz CT molecular complexity index is 1650. The van der Waals surface area contributed by atoms with E-state index in [0.717, 1.165) is 102 Å². The van der Waals surface area contributed by atoms with Crippen LogP contribution in [0.15, 0.2) is 30.3 Å². The van der Waals surface area contributed by atoms with Crippen LogP contribution in [0.2, 0.25) is 0 Å². The first-order chi connectivity index (χ1) is 19.4. The molecule has 0 amide bonds. The maximum atomic E-state index is 12.3. The van der Waals surface area contributed by atoms with E-state index in [1.54, 1.807) is 0 Å². The molecule has 0 atom stereocenters. The molecule has 3 aromatic rings. The summed E-state index contributed by atoms with van der Waals surface area (Å²) in [5.74, 6) is 0.115. The Morgan fingerprint density at radius 2 is 1.27 bits per heavy atom. The molecule has 6 heteroatoms. The molecule has 40 heavy (non-hydrogen) atoms. The molecule has 0 aliphatic carbocycles. The third kappa shape index (κ3) is 5.67. The van der Waals surface area contributed by atoms with E-state index in [1.165, 1.54) is 23.6 Å². The largest absolute Gasteiger partial charge is 0.424 e. The van der Waals surface area contributed by atoms with E-state index < -0.39 is 0 Å². The van der Waals surface area contributed by atoms with Crippen molar-refractivity contribution in [3.05, 3.63) is 64.2 Å². The van der Waals surface area contributed by atoms with Gasteiger partial charge in [-0.3, -0.25) is 4.79 Å². The quantitative estimate of drug-likeness (QED) is 0.268. The van der Waals surface area contributed by atoms with Crippen LogP contribution in [0.1, 0.15) is 107 Å². The Balaban J connectivity index is 1.92. The molecule has 2 aliphatic heterocycles. The van der Waals surface area contributed by atoms with Crippen LogP contribution in [-0.4, -0.2) is 25.9 Å². The molecular formula is C34H40N4O2. The SMILES string of the molecule is CCCC1=Cc2nc1ccc1[nH]c(cc1CCC)c1nc(c(OC(C)=O)cc3[nH]c2cc3CCC)C(CCC)=C1. The molecule has 0 aromatic carbocycles. The van der Waals surface area contributed by atoms with Gasteiger partial charge in [0, 0.05) is 24.0 Å². The lowest BCUT2D eigenvalue weighted by Gasteiger charge is -2.06. The van der Waals surface area contributed by atoms with Gasteiger partial charge in [0.2, 0.25) is 0 Å². The zero-order chi connectivity index (χ0) is 28.2. The Morgan fingerprint density at radius 3 is 1.93 bits per heavy atom. The number of aryl methyl sites for hydroxylation is 2. The molecule has 5 rings (SSSR count). The number of nitrogens with one attached hydrogen (secondary N) is 2. The Labute approximate surface area is 236 Å². The molecule has 2 N–H and O–H groups in total. The summed E-state index contributed by atoms with van der Waals surface area (Å²) in [6.07, 6.45) is 12.1. The fraction of sp³-hybridized carbons (Fsp3) is 0.382. The van der Waals surface area contributed by atoms with Gasteiger partial charge in [-0.25, -0.2) is 9.97 Å². The number of hydrogen-bond acceptors (Lipinski definition) is 4. The van der Waals surface area contributed by atoms with E-state index in [1.807, 2.05) is 6.07 Å². The fourth-order valence-electron chi connectivity index (χ4n) is 5.62. The molecular weight excluding hydrogens is 496 g/mol. The lowest BCUT2D eigenvalue weighted by atomic mass is 10.1. The van der Waals surface area contributed by atoms with Gasteiger partial charge in [-0.05, 0) is 84.4 Å². The molecule has 0 spiro atoms. The summed E-state index contributed by atoms with van der Waals surface area (Å²) in [5, 5.41) is 0. The van der Waals surface area contributed by atoms with Crippen molar-refractivity contribution in [3.63, 3.8) is 0 Å². The monoisotopic (exact) mass is 536 g/mol. The van der Waals surface area contributed by atoms with Crippen LogP contribution in [0.5, 0.6) is 5.75 Å². The smallest absolute Gasteiger partial charge is 0.308 e. The predicted octanol–water partition coefficient (Wildman–Crippen LogP) is 8.83. The third-order valence-corrected chi connectivity index (χ3v) is 7.40. The van der Waals surface area contributed by atoms with Crippen molar-refractivity contribution >= 4 is 51.3 Å². The highest BCUT2D eigenvalue weighted by Gasteiger charge is 2.19. The number of fused-ring (bicyclic) bond motifs is 10. The number of hydrogen-bond donors (Lipinski definition) is 2. The van der Waals surface area contributed by atoms with Gasteiger partial charge >= 0.3 is 5.97 Å². The highest BCUT2D eigenvalue weighted by Crippen LogP contribution is 2.35. The van der Waals surface area contributed by atoms with Gasteiger partial charge in [-0.2, -0.15) is 0 Å². The van der Waals surface area contributed by atoms with E-state index >= 15 is 0 Å². The zero-order valence-electron chi connectivity index (χ0n) is 24.4. The standard InChI is InChI=1S/C34H40N4O2/c1-6-10-22-16-29-30-18-24(12-8-3)28(37-30)20-33(40-21(5)39)34-25(13-9-4)19-32(38-34)31-17-23(11-7-2)27(36-31)15-14-26(22)35-29/h14-20,36-37H,6-13H2,1-5H3. The van der Waals surface area contributed by atoms with Crippen LogP contribution < -0.4 is 4.74 Å². The van der Waals surface area contributed by atoms with Crippen molar-refractivity contribution in [2.45, 2.75) is 86.0 Å². The minimum atomic E-state index is -0.361. The number of H-pyrrole nitrogens is 2. The summed E-state index contributed by atoms with van der Waals surface area (Å²) >= 11 is 0. The molecule has 208 valence electrons. The summed E-state index contributed by atoms with van der Waals surface area (Å²) in [4.78, 5) is 29.7. The van der Waals surface area contributed by atoms with Gasteiger partial charge in [-0.1, -0.05) is 53.4 Å². The maximum Gasteiger partial charge on any atom is 0.308 e. The number of allylic oxidation sites excluding steroid dienone is 2. The average Bonchev–Trinajstić information content (AvgIpc) is 3.69.